The zero-order chi connectivity index (χ0) is 17.6. The Bertz CT molecular complexity index is 378. The molecule has 3 N–H and O–H groups in total. The van der Waals surface area contributed by atoms with Crippen molar-refractivity contribution in [3.63, 3.8) is 0 Å². The van der Waals surface area contributed by atoms with Gasteiger partial charge in [0.2, 0.25) is 5.91 Å². The van der Waals surface area contributed by atoms with Gasteiger partial charge in [0.25, 0.3) is 0 Å². The first-order chi connectivity index (χ1) is 11.7. The second-order valence-electron chi connectivity index (χ2n) is 6.52. The highest BCUT2D eigenvalue weighted by atomic mass is 127. The monoisotopic (exact) mass is 467 g/mol. The zero-order valence-corrected chi connectivity index (χ0v) is 18.6. The third kappa shape index (κ3) is 11.6. The quantitative estimate of drug-likeness (QED) is 0.200. The van der Waals surface area contributed by atoms with Crippen LogP contribution in [0.3, 0.4) is 0 Å². The number of halogens is 1. The number of nitrogens with zero attached hydrogens (tertiary/aromatic N) is 2. The Morgan fingerprint density at radius 3 is 2.64 bits per heavy atom. The lowest BCUT2D eigenvalue weighted by molar-refractivity contribution is -0.120. The van der Waals surface area contributed by atoms with E-state index in [0.717, 1.165) is 51.0 Å². The molecule has 0 radical (unpaired) electrons. The Labute approximate surface area is 171 Å². The Morgan fingerprint density at radius 1 is 1.16 bits per heavy atom. The van der Waals surface area contributed by atoms with Crippen molar-refractivity contribution in [2.75, 3.05) is 39.3 Å². The summed E-state index contributed by atoms with van der Waals surface area (Å²) in [5.41, 5.74) is 0. The van der Waals surface area contributed by atoms with E-state index in [9.17, 15) is 4.79 Å². The number of amides is 1. The molecule has 7 heteroatoms. The summed E-state index contributed by atoms with van der Waals surface area (Å²) in [5.74, 6) is 0.909. The van der Waals surface area contributed by atoms with E-state index in [0.29, 0.717) is 13.0 Å². The van der Waals surface area contributed by atoms with Crippen molar-refractivity contribution in [1.82, 2.24) is 20.9 Å². The second kappa shape index (κ2) is 15.7. The van der Waals surface area contributed by atoms with Gasteiger partial charge in [0, 0.05) is 45.2 Å². The fourth-order valence-corrected chi connectivity index (χ4v) is 2.94. The average Bonchev–Trinajstić information content (AvgIpc) is 2.58. The third-order valence-corrected chi connectivity index (χ3v) is 4.37. The van der Waals surface area contributed by atoms with E-state index in [-0.39, 0.29) is 29.9 Å². The smallest absolute Gasteiger partial charge is 0.221 e. The maximum atomic E-state index is 11.6. The van der Waals surface area contributed by atoms with Gasteiger partial charge in [-0.2, -0.15) is 0 Å². The molecule has 1 aliphatic rings. The Kier molecular flexibility index (Phi) is 15.3. The maximum absolute atomic E-state index is 11.6. The maximum Gasteiger partial charge on any atom is 0.221 e. The standard InChI is InChI=1S/C18H37N5O.HI/c1-4-11-20-17(24)10-13-22-18(19-5-2)21-12-8-15-23-14-7-6-9-16(23)3;/h16H,4-15H2,1-3H3,(H,20,24)(H2,19,21,22);1H. The first-order valence-electron chi connectivity index (χ1n) is 9.70. The molecule has 25 heavy (non-hydrogen) atoms. The largest absolute Gasteiger partial charge is 0.357 e. The zero-order valence-electron chi connectivity index (χ0n) is 16.3. The fraction of sp³-hybridized carbons (Fsp3) is 0.889. The number of likely N-dealkylation sites (tertiary alicyclic amines) is 1. The molecule has 0 aromatic heterocycles. The summed E-state index contributed by atoms with van der Waals surface area (Å²) in [6.07, 6.45) is 6.56. The minimum atomic E-state index is 0. The predicted octanol–water partition coefficient (Wildman–Crippen LogP) is 2.34. The molecule has 6 nitrogen and oxygen atoms in total. The van der Waals surface area contributed by atoms with E-state index >= 15 is 0 Å². The van der Waals surface area contributed by atoms with Gasteiger partial charge in [-0.1, -0.05) is 13.3 Å². The van der Waals surface area contributed by atoms with E-state index < -0.39 is 0 Å². The van der Waals surface area contributed by atoms with Gasteiger partial charge in [0.05, 0.1) is 0 Å². The molecule has 1 heterocycles. The predicted molar refractivity (Wildman–Crippen MR) is 117 cm³/mol. The summed E-state index contributed by atoms with van der Waals surface area (Å²) in [6.45, 7) is 11.8. The minimum absolute atomic E-state index is 0. The summed E-state index contributed by atoms with van der Waals surface area (Å²) < 4.78 is 0. The number of carbonyl (C=O) groups excluding carboxylic acids is 1. The Hall–Kier alpha value is -0.570. The fourth-order valence-electron chi connectivity index (χ4n) is 2.94. The number of hydrogen-bond acceptors (Lipinski definition) is 3. The molecule has 0 bridgehead atoms. The highest BCUT2D eigenvalue weighted by molar-refractivity contribution is 14.0. The van der Waals surface area contributed by atoms with Crippen LogP contribution in [-0.4, -0.2) is 62.1 Å². The Balaban J connectivity index is 0.00000576. The van der Waals surface area contributed by atoms with E-state index in [1.165, 1.54) is 25.8 Å². The van der Waals surface area contributed by atoms with E-state index in [4.69, 9.17) is 0 Å². The summed E-state index contributed by atoms with van der Waals surface area (Å²) in [4.78, 5) is 18.8. The van der Waals surface area contributed by atoms with Crippen LogP contribution in [0, 0.1) is 0 Å². The molecule has 1 atom stereocenters. The molecule has 0 aliphatic carbocycles. The number of nitrogens with one attached hydrogen (secondary N) is 3. The van der Waals surface area contributed by atoms with Crippen molar-refractivity contribution in [3.05, 3.63) is 0 Å². The van der Waals surface area contributed by atoms with Gasteiger partial charge < -0.3 is 20.9 Å². The lowest BCUT2D eigenvalue weighted by atomic mass is 10.0. The molecule has 0 aromatic carbocycles. The molecule has 1 saturated heterocycles. The summed E-state index contributed by atoms with van der Waals surface area (Å²) in [6, 6.07) is 0.718. The summed E-state index contributed by atoms with van der Waals surface area (Å²) in [7, 11) is 0. The van der Waals surface area contributed by atoms with Crippen molar-refractivity contribution in [3.8, 4) is 0 Å². The molecule has 0 saturated carbocycles. The van der Waals surface area contributed by atoms with Crippen LogP contribution in [0.1, 0.15) is 59.3 Å². The first-order valence-corrected chi connectivity index (χ1v) is 9.70. The number of guanidine groups is 1. The molecule has 1 fully saturated rings. The van der Waals surface area contributed by atoms with Crippen molar-refractivity contribution >= 4 is 35.8 Å². The number of rotatable bonds is 10. The highest BCUT2D eigenvalue weighted by Crippen LogP contribution is 2.16. The van der Waals surface area contributed by atoms with E-state index in [1.807, 2.05) is 0 Å². The third-order valence-electron chi connectivity index (χ3n) is 4.37. The lowest BCUT2D eigenvalue weighted by Crippen LogP contribution is -2.40. The van der Waals surface area contributed by atoms with Gasteiger partial charge in [0.15, 0.2) is 5.96 Å². The van der Waals surface area contributed by atoms with Gasteiger partial charge >= 0.3 is 0 Å². The molecule has 148 valence electrons. The summed E-state index contributed by atoms with van der Waals surface area (Å²) >= 11 is 0. The van der Waals surface area contributed by atoms with E-state index in [1.54, 1.807) is 0 Å². The van der Waals surface area contributed by atoms with Crippen LogP contribution in [0.5, 0.6) is 0 Å². The van der Waals surface area contributed by atoms with Crippen LogP contribution in [0.15, 0.2) is 4.99 Å². The van der Waals surface area contributed by atoms with Crippen molar-refractivity contribution < 1.29 is 4.79 Å². The normalized spacial score (nSPS) is 18.4. The Morgan fingerprint density at radius 2 is 1.96 bits per heavy atom. The molecule has 1 aliphatic heterocycles. The lowest BCUT2D eigenvalue weighted by Gasteiger charge is -2.33. The summed E-state index contributed by atoms with van der Waals surface area (Å²) in [5, 5.41) is 9.37. The van der Waals surface area contributed by atoms with E-state index in [2.05, 4.69) is 46.6 Å². The van der Waals surface area contributed by atoms with Gasteiger partial charge in [-0.3, -0.25) is 9.79 Å². The molecular formula is C18H38IN5O. The van der Waals surface area contributed by atoms with Crippen molar-refractivity contribution in [2.24, 2.45) is 4.99 Å². The number of piperidine rings is 1. The van der Waals surface area contributed by atoms with Gasteiger partial charge in [-0.05, 0) is 46.1 Å². The number of carbonyl (C=O) groups is 1. The SMILES string of the molecule is CCCNC(=O)CCNC(=NCCCN1CCCCC1C)NCC.I. The first kappa shape index (κ1) is 24.4. The number of aliphatic imine (C=N–C) groups is 1. The average molecular weight is 467 g/mol. The molecule has 1 amide bonds. The molecular weight excluding hydrogens is 429 g/mol. The molecule has 0 spiro atoms. The highest BCUT2D eigenvalue weighted by Gasteiger charge is 2.16. The van der Waals surface area contributed by atoms with Crippen molar-refractivity contribution in [1.29, 1.82) is 0 Å². The second-order valence-corrected chi connectivity index (χ2v) is 6.52. The van der Waals surface area contributed by atoms with Crippen LogP contribution in [0.25, 0.3) is 0 Å². The van der Waals surface area contributed by atoms with Gasteiger partial charge in [-0.15, -0.1) is 24.0 Å². The topological polar surface area (TPSA) is 68.8 Å². The van der Waals surface area contributed by atoms with Crippen LogP contribution < -0.4 is 16.0 Å². The van der Waals surface area contributed by atoms with Gasteiger partial charge in [-0.25, -0.2) is 0 Å². The van der Waals surface area contributed by atoms with Gasteiger partial charge in [0.1, 0.15) is 0 Å². The van der Waals surface area contributed by atoms with Crippen LogP contribution >= 0.6 is 24.0 Å². The minimum Gasteiger partial charge on any atom is -0.357 e. The molecule has 1 unspecified atom stereocenters. The molecule has 0 aromatic rings. The van der Waals surface area contributed by atoms with Crippen LogP contribution in [0.2, 0.25) is 0 Å². The number of hydrogen-bond donors (Lipinski definition) is 3. The van der Waals surface area contributed by atoms with Crippen LogP contribution in [-0.2, 0) is 4.79 Å². The van der Waals surface area contributed by atoms with Crippen LogP contribution in [0.4, 0.5) is 0 Å². The van der Waals surface area contributed by atoms with Crippen molar-refractivity contribution in [2.45, 2.75) is 65.3 Å². The molecule has 1 rings (SSSR count).